The molecule has 0 fully saturated rings. The monoisotopic (exact) mass is 273 g/mol. The molecule has 0 spiro atoms. The fourth-order valence-electron chi connectivity index (χ4n) is 1.67. The summed E-state index contributed by atoms with van der Waals surface area (Å²) in [4.78, 5) is 12.1. The molecule has 0 aliphatic carbocycles. The number of rotatable bonds is 4. The minimum absolute atomic E-state index is 0.0535. The number of amides is 1. The maximum Gasteiger partial charge on any atom is 0.251 e. The number of hydrogen-bond donors (Lipinski definition) is 2. The second kappa shape index (κ2) is 7.72. The molecule has 0 aliphatic heterocycles. The van der Waals surface area contributed by atoms with E-state index in [-0.39, 0.29) is 12.5 Å². The number of aryl methyl sites for hydroxylation is 1. The van der Waals surface area contributed by atoms with E-state index in [2.05, 4.69) is 37.9 Å². The Morgan fingerprint density at radius 1 is 1.35 bits per heavy atom. The lowest BCUT2D eigenvalue weighted by Gasteiger charge is -2.16. The first-order valence-corrected chi connectivity index (χ1v) is 6.94. The van der Waals surface area contributed by atoms with Crippen molar-refractivity contribution in [3.8, 4) is 11.8 Å². The van der Waals surface area contributed by atoms with E-state index in [1.165, 1.54) is 0 Å². The largest absolute Gasteiger partial charge is 0.384 e. The Morgan fingerprint density at radius 3 is 2.60 bits per heavy atom. The van der Waals surface area contributed by atoms with Gasteiger partial charge in [-0.15, -0.1) is 0 Å². The maximum absolute atomic E-state index is 12.1. The third kappa shape index (κ3) is 4.71. The van der Waals surface area contributed by atoms with Crippen LogP contribution in [0.4, 0.5) is 0 Å². The summed E-state index contributed by atoms with van der Waals surface area (Å²) in [5.41, 5.74) is 2.43. The molecule has 2 N–H and O–H groups in total. The highest BCUT2D eigenvalue weighted by Crippen LogP contribution is 2.11. The van der Waals surface area contributed by atoms with Crippen molar-refractivity contribution in [3.05, 3.63) is 34.9 Å². The van der Waals surface area contributed by atoms with Gasteiger partial charge in [0.2, 0.25) is 0 Å². The predicted molar refractivity (Wildman–Crippen MR) is 81.5 cm³/mol. The molecular weight excluding hydrogens is 250 g/mol. The van der Waals surface area contributed by atoms with Crippen LogP contribution in [-0.4, -0.2) is 24.2 Å². The molecule has 0 aliphatic rings. The summed E-state index contributed by atoms with van der Waals surface area (Å²) in [7, 11) is 0. The van der Waals surface area contributed by atoms with E-state index in [0.717, 1.165) is 11.1 Å². The number of nitrogens with one attached hydrogen (secondary N) is 1. The van der Waals surface area contributed by atoms with E-state index in [4.69, 9.17) is 5.11 Å². The maximum atomic E-state index is 12.1. The van der Waals surface area contributed by atoms with E-state index in [0.29, 0.717) is 23.9 Å². The molecule has 1 atom stereocenters. The molecule has 0 aromatic heterocycles. The van der Waals surface area contributed by atoms with Gasteiger partial charge in [-0.05, 0) is 42.5 Å². The van der Waals surface area contributed by atoms with Crippen LogP contribution in [0.15, 0.2) is 18.2 Å². The Kier molecular flexibility index (Phi) is 6.27. The van der Waals surface area contributed by atoms with Crippen LogP contribution in [0.3, 0.4) is 0 Å². The van der Waals surface area contributed by atoms with Crippen molar-refractivity contribution in [2.24, 2.45) is 11.8 Å². The highest BCUT2D eigenvalue weighted by atomic mass is 16.2. The van der Waals surface area contributed by atoms with Gasteiger partial charge in [0.15, 0.2) is 0 Å². The molecule has 1 aromatic rings. The number of aliphatic hydroxyl groups is 1. The average Bonchev–Trinajstić information content (AvgIpc) is 2.42. The highest BCUT2D eigenvalue weighted by Gasteiger charge is 2.11. The van der Waals surface area contributed by atoms with Crippen molar-refractivity contribution in [1.82, 2.24) is 5.32 Å². The molecular formula is C17H23NO2. The third-order valence-electron chi connectivity index (χ3n) is 3.51. The lowest BCUT2D eigenvalue weighted by Crippen LogP contribution is -2.30. The smallest absolute Gasteiger partial charge is 0.251 e. The Bertz CT molecular complexity index is 524. The van der Waals surface area contributed by atoms with Crippen LogP contribution in [0, 0.1) is 30.6 Å². The molecule has 0 heterocycles. The van der Waals surface area contributed by atoms with Gasteiger partial charge in [-0.2, -0.15) is 0 Å². The minimum atomic E-state index is -0.158. The van der Waals surface area contributed by atoms with Crippen molar-refractivity contribution in [3.63, 3.8) is 0 Å². The van der Waals surface area contributed by atoms with Crippen LogP contribution in [0.2, 0.25) is 0 Å². The van der Waals surface area contributed by atoms with Gasteiger partial charge in [0.1, 0.15) is 6.61 Å². The first kappa shape index (κ1) is 16.3. The topological polar surface area (TPSA) is 49.3 Å². The number of carbonyl (C=O) groups is 1. The van der Waals surface area contributed by atoms with Gasteiger partial charge < -0.3 is 10.4 Å². The zero-order valence-corrected chi connectivity index (χ0v) is 12.7. The molecule has 0 radical (unpaired) electrons. The van der Waals surface area contributed by atoms with Gasteiger partial charge >= 0.3 is 0 Å². The molecule has 3 nitrogen and oxygen atoms in total. The van der Waals surface area contributed by atoms with E-state index >= 15 is 0 Å². The third-order valence-corrected chi connectivity index (χ3v) is 3.51. The van der Waals surface area contributed by atoms with Crippen molar-refractivity contribution in [2.45, 2.75) is 27.7 Å². The quantitative estimate of drug-likeness (QED) is 0.827. The zero-order chi connectivity index (χ0) is 15.1. The zero-order valence-electron chi connectivity index (χ0n) is 12.7. The van der Waals surface area contributed by atoms with Crippen molar-refractivity contribution in [2.75, 3.05) is 13.2 Å². The summed E-state index contributed by atoms with van der Waals surface area (Å²) in [5.74, 6) is 6.42. The molecule has 1 aromatic carbocycles. The lowest BCUT2D eigenvalue weighted by atomic mass is 9.98. The molecule has 0 bridgehead atoms. The van der Waals surface area contributed by atoms with Crippen molar-refractivity contribution >= 4 is 5.91 Å². The average molecular weight is 273 g/mol. The Hall–Kier alpha value is -1.79. The molecule has 0 saturated heterocycles. The van der Waals surface area contributed by atoms with Crippen LogP contribution < -0.4 is 5.32 Å². The predicted octanol–water partition coefficient (Wildman–Crippen LogP) is 2.36. The van der Waals surface area contributed by atoms with Gasteiger partial charge in [-0.25, -0.2) is 0 Å². The van der Waals surface area contributed by atoms with Crippen LogP contribution >= 0.6 is 0 Å². The van der Waals surface area contributed by atoms with Crippen molar-refractivity contribution in [1.29, 1.82) is 0 Å². The standard InChI is InChI=1S/C17H23NO2/c1-12(2)14(4)11-18-17(20)16-8-7-15(6-5-9-19)13(3)10-16/h7-8,10,12,14,19H,9,11H2,1-4H3,(H,18,20). The summed E-state index contributed by atoms with van der Waals surface area (Å²) in [5, 5.41) is 11.6. The highest BCUT2D eigenvalue weighted by molar-refractivity contribution is 5.94. The van der Waals surface area contributed by atoms with Crippen LogP contribution in [-0.2, 0) is 0 Å². The molecule has 3 heteroatoms. The second-order valence-electron chi connectivity index (χ2n) is 5.42. The van der Waals surface area contributed by atoms with E-state index < -0.39 is 0 Å². The van der Waals surface area contributed by atoms with Gasteiger partial charge in [0.25, 0.3) is 5.91 Å². The number of carbonyl (C=O) groups excluding carboxylic acids is 1. The summed E-state index contributed by atoms with van der Waals surface area (Å²) in [6.07, 6.45) is 0. The van der Waals surface area contributed by atoms with Crippen molar-refractivity contribution < 1.29 is 9.90 Å². The molecule has 20 heavy (non-hydrogen) atoms. The number of benzene rings is 1. The molecule has 0 saturated carbocycles. The first-order chi connectivity index (χ1) is 9.45. The van der Waals surface area contributed by atoms with Gasteiger partial charge in [0, 0.05) is 17.7 Å². The van der Waals surface area contributed by atoms with Gasteiger partial charge in [0.05, 0.1) is 0 Å². The van der Waals surface area contributed by atoms with E-state index in [1.54, 1.807) is 6.07 Å². The molecule has 1 rings (SSSR count). The Balaban J connectivity index is 2.73. The Labute approximate surface area is 121 Å². The molecule has 1 unspecified atom stereocenters. The number of aliphatic hydroxyl groups excluding tert-OH is 1. The second-order valence-corrected chi connectivity index (χ2v) is 5.42. The number of hydrogen-bond acceptors (Lipinski definition) is 2. The van der Waals surface area contributed by atoms with Crippen LogP contribution in [0.1, 0.15) is 42.3 Å². The summed E-state index contributed by atoms with van der Waals surface area (Å²) in [6, 6.07) is 5.42. The minimum Gasteiger partial charge on any atom is -0.384 e. The first-order valence-electron chi connectivity index (χ1n) is 6.94. The summed E-state index contributed by atoms with van der Waals surface area (Å²) in [6.45, 7) is 8.86. The molecule has 1 amide bonds. The van der Waals surface area contributed by atoms with Gasteiger partial charge in [-0.1, -0.05) is 32.6 Å². The van der Waals surface area contributed by atoms with E-state index in [1.807, 2.05) is 19.1 Å². The summed E-state index contributed by atoms with van der Waals surface area (Å²) >= 11 is 0. The van der Waals surface area contributed by atoms with Crippen LogP contribution in [0.5, 0.6) is 0 Å². The SMILES string of the molecule is Cc1cc(C(=O)NCC(C)C(C)C)ccc1C#CCO. The van der Waals surface area contributed by atoms with E-state index in [9.17, 15) is 4.79 Å². The summed E-state index contributed by atoms with van der Waals surface area (Å²) < 4.78 is 0. The van der Waals surface area contributed by atoms with Crippen LogP contribution in [0.25, 0.3) is 0 Å². The fourth-order valence-corrected chi connectivity index (χ4v) is 1.67. The van der Waals surface area contributed by atoms with Gasteiger partial charge in [-0.3, -0.25) is 4.79 Å². The lowest BCUT2D eigenvalue weighted by molar-refractivity contribution is 0.0945. The normalized spacial score (nSPS) is 11.7. The molecule has 108 valence electrons. The Morgan fingerprint density at radius 2 is 2.05 bits per heavy atom. The fraction of sp³-hybridized carbons (Fsp3) is 0.471.